The highest BCUT2D eigenvalue weighted by Crippen LogP contribution is 2.37. The summed E-state index contributed by atoms with van der Waals surface area (Å²) in [4.78, 5) is 0. The summed E-state index contributed by atoms with van der Waals surface area (Å²) in [5.74, 6) is 1.46. The van der Waals surface area contributed by atoms with Crippen molar-refractivity contribution >= 4 is 23.2 Å². The first-order valence-corrected chi connectivity index (χ1v) is 7.38. The van der Waals surface area contributed by atoms with Crippen molar-refractivity contribution in [3.8, 4) is 0 Å². The minimum Gasteiger partial charge on any atom is -0.325 e. The van der Waals surface area contributed by atoms with Gasteiger partial charge in [-0.1, -0.05) is 37.0 Å². The fraction of sp³-hybridized carbons (Fsp3) is 0.600. The van der Waals surface area contributed by atoms with Gasteiger partial charge in [0.05, 0.1) is 0 Å². The number of rotatable bonds is 2. The predicted octanol–water partition coefficient (Wildman–Crippen LogP) is 4.69. The van der Waals surface area contributed by atoms with E-state index < -0.39 is 0 Å². The van der Waals surface area contributed by atoms with Gasteiger partial charge >= 0.3 is 0 Å². The highest BCUT2D eigenvalue weighted by molar-refractivity contribution is 6.33. The molecule has 18 heavy (non-hydrogen) atoms. The molecule has 3 atom stereocenters. The summed E-state index contributed by atoms with van der Waals surface area (Å²) in [7, 11) is 0. The fourth-order valence-corrected chi connectivity index (χ4v) is 3.34. The standard InChI is InChI=1S/C15H21Cl2N/c1-10-5-6-15(18,8-11(10)2)9-12-7-13(16)3-4-14(12)17/h3-4,7,10-11H,5-6,8-9,18H2,1-2H3. The summed E-state index contributed by atoms with van der Waals surface area (Å²) in [6.45, 7) is 4.61. The highest BCUT2D eigenvalue weighted by Gasteiger charge is 2.34. The van der Waals surface area contributed by atoms with Crippen LogP contribution in [0.3, 0.4) is 0 Å². The molecule has 100 valence electrons. The van der Waals surface area contributed by atoms with Gasteiger partial charge < -0.3 is 5.73 Å². The maximum atomic E-state index is 6.56. The molecule has 0 aromatic heterocycles. The molecule has 0 heterocycles. The minimum absolute atomic E-state index is 0.125. The zero-order valence-corrected chi connectivity index (χ0v) is 12.6. The zero-order chi connectivity index (χ0) is 13.3. The van der Waals surface area contributed by atoms with Gasteiger partial charge in [0, 0.05) is 15.6 Å². The van der Waals surface area contributed by atoms with Crippen LogP contribution in [-0.2, 0) is 6.42 Å². The SMILES string of the molecule is CC1CCC(N)(Cc2cc(Cl)ccc2Cl)CC1C. The van der Waals surface area contributed by atoms with Crippen LogP contribution in [0.4, 0.5) is 0 Å². The maximum Gasteiger partial charge on any atom is 0.0439 e. The maximum absolute atomic E-state index is 6.56. The van der Waals surface area contributed by atoms with Crippen molar-refractivity contribution in [2.24, 2.45) is 17.6 Å². The van der Waals surface area contributed by atoms with E-state index in [0.29, 0.717) is 5.92 Å². The van der Waals surface area contributed by atoms with Crippen LogP contribution in [-0.4, -0.2) is 5.54 Å². The largest absolute Gasteiger partial charge is 0.325 e. The topological polar surface area (TPSA) is 26.0 Å². The smallest absolute Gasteiger partial charge is 0.0439 e. The average molecular weight is 286 g/mol. The molecule has 1 saturated carbocycles. The lowest BCUT2D eigenvalue weighted by molar-refractivity contribution is 0.176. The first kappa shape index (κ1) is 14.2. The number of hydrogen-bond acceptors (Lipinski definition) is 1. The zero-order valence-electron chi connectivity index (χ0n) is 11.0. The molecule has 0 spiro atoms. The Morgan fingerprint density at radius 1 is 1.28 bits per heavy atom. The number of benzene rings is 1. The molecule has 0 amide bonds. The van der Waals surface area contributed by atoms with Crippen molar-refractivity contribution in [3.05, 3.63) is 33.8 Å². The summed E-state index contributed by atoms with van der Waals surface area (Å²) in [5, 5.41) is 1.51. The van der Waals surface area contributed by atoms with E-state index in [9.17, 15) is 0 Å². The first-order chi connectivity index (χ1) is 8.39. The van der Waals surface area contributed by atoms with E-state index in [1.807, 2.05) is 18.2 Å². The normalized spacial score (nSPS) is 32.5. The van der Waals surface area contributed by atoms with E-state index in [1.54, 1.807) is 0 Å². The molecule has 1 fully saturated rings. The van der Waals surface area contributed by atoms with Crippen LogP contribution < -0.4 is 5.73 Å². The third kappa shape index (κ3) is 3.20. The van der Waals surface area contributed by atoms with Crippen molar-refractivity contribution in [3.63, 3.8) is 0 Å². The minimum atomic E-state index is -0.125. The van der Waals surface area contributed by atoms with Gasteiger partial charge in [-0.2, -0.15) is 0 Å². The second kappa shape index (κ2) is 5.40. The number of nitrogens with two attached hydrogens (primary N) is 1. The molecule has 1 nitrogen and oxygen atoms in total. The van der Waals surface area contributed by atoms with Crippen LogP contribution in [0.15, 0.2) is 18.2 Å². The Morgan fingerprint density at radius 2 is 2.00 bits per heavy atom. The third-order valence-electron chi connectivity index (χ3n) is 4.35. The summed E-state index contributed by atoms with van der Waals surface area (Å²) >= 11 is 12.3. The van der Waals surface area contributed by atoms with Crippen LogP contribution in [0.25, 0.3) is 0 Å². The van der Waals surface area contributed by atoms with Gasteiger partial charge in [0.2, 0.25) is 0 Å². The van der Waals surface area contributed by atoms with Crippen molar-refractivity contribution in [1.29, 1.82) is 0 Å². The third-order valence-corrected chi connectivity index (χ3v) is 4.95. The quantitative estimate of drug-likeness (QED) is 0.838. The molecular weight excluding hydrogens is 265 g/mol. The van der Waals surface area contributed by atoms with E-state index >= 15 is 0 Å². The van der Waals surface area contributed by atoms with Crippen LogP contribution in [0.1, 0.15) is 38.7 Å². The van der Waals surface area contributed by atoms with Crippen LogP contribution in [0.5, 0.6) is 0 Å². The van der Waals surface area contributed by atoms with Gasteiger partial charge in [-0.25, -0.2) is 0 Å². The number of hydrogen-bond donors (Lipinski definition) is 1. The van der Waals surface area contributed by atoms with Crippen molar-refractivity contribution < 1.29 is 0 Å². The average Bonchev–Trinajstić information content (AvgIpc) is 2.29. The van der Waals surface area contributed by atoms with Crippen molar-refractivity contribution in [1.82, 2.24) is 0 Å². The molecule has 2 rings (SSSR count). The van der Waals surface area contributed by atoms with Gasteiger partial charge in [0.1, 0.15) is 0 Å². The molecule has 0 radical (unpaired) electrons. The second-order valence-electron chi connectivity index (χ2n) is 5.97. The molecule has 1 aliphatic rings. The lowest BCUT2D eigenvalue weighted by Gasteiger charge is -2.40. The Balaban J connectivity index is 2.15. The molecule has 2 N–H and O–H groups in total. The molecule has 0 saturated heterocycles. The van der Waals surface area contributed by atoms with Gasteiger partial charge in [-0.05, 0) is 61.3 Å². The highest BCUT2D eigenvalue weighted by atomic mass is 35.5. The predicted molar refractivity (Wildman–Crippen MR) is 79.3 cm³/mol. The molecule has 1 aromatic rings. The molecule has 1 aliphatic carbocycles. The van der Waals surface area contributed by atoms with Crippen LogP contribution in [0, 0.1) is 11.8 Å². The van der Waals surface area contributed by atoms with Gasteiger partial charge in [-0.15, -0.1) is 0 Å². The van der Waals surface area contributed by atoms with Crippen molar-refractivity contribution in [2.75, 3.05) is 0 Å². The molecule has 1 aromatic carbocycles. The summed E-state index contributed by atoms with van der Waals surface area (Å²) < 4.78 is 0. The molecule has 3 unspecified atom stereocenters. The molecule has 0 bridgehead atoms. The molecule has 0 aliphatic heterocycles. The Kier molecular flexibility index (Phi) is 4.25. The lowest BCUT2D eigenvalue weighted by atomic mass is 9.69. The summed E-state index contributed by atoms with van der Waals surface area (Å²) in [6, 6.07) is 5.63. The summed E-state index contributed by atoms with van der Waals surface area (Å²) in [6.07, 6.45) is 4.16. The van der Waals surface area contributed by atoms with E-state index in [4.69, 9.17) is 28.9 Å². The van der Waals surface area contributed by atoms with E-state index in [2.05, 4.69) is 13.8 Å². The molecule has 3 heteroatoms. The fourth-order valence-electron chi connectivity index (χ4n) is 2.96. The first-order valence-electron chi connectivity index (χ1n) is 6.62. The van der Waals surface area contributed by atoms with Gasteiger partial charge in [0.15, 0.2) is 0 Å². The van der Waals surface area contributed by atoms with E-state index in [-0.39, 0.29) is 5.54 Å². The summed E-state index contributed by atoms with van der Waals surface area (Å²) in [5.41, 5.74) is 7.51. The Hall–Kier alpha value is -0.240. The van der Waals surface area contributed by atoms with Gasteiger partial charge in [0.25, 0.3) is 0 Å². The Bertz CT molecular complexity index is 433. The monoisotopic (exact) mass is 285 g/mol. The second-order valence-corrected chi connectivity index (χ2v) is 6.82. The van der Waals surface area contributed by atoms with Crippen LogP contribution in [0.2, 0.25) is 10.0 Å². The Labute approximate surface area is 120 Å². The van der Waals surface area contributed by atoms with Crippen molar-refractivity contribution in [2.45, 2.75) is 45.1 Å². The van der Waals surface area contributed by atoms with Crippen LogP contribution >= 0.6 is 23.2 Å². The number of halogens is 2. The van der Waals surface area contributed by atoms with Gasteiger partial charge in [-0.3, -0.25) is 0 Å². The Morgan fingerprint density at radius 3 is 2.67 bits per heavy atom. The van der Waals surface area contributed by atoms with E-state index in [0.717, 1.165) is 40.8 Å². The molecular formula is C15H21Cl2N. The van der Waals surface area contributed by atoms with E-state index in [1.165, 1.54) is 6.42 Å². The lowest BCUT2D eigenvalue weighted by Crippen LogP contribution is -2.47.